The van der Waals surface area contributed by atoms with Gasteiger partial charge < -0.3 is 10.2 Å². The lowest BCUT2D eigenvalue weighted by atomic mass is 9.96. The summed E-state index contributed by atoms with van der Waals surface area (Å²) >= 11 is 0. The second-order valence-corrected chi connectivity index (χ2v) is 7.14. The van der Waals surface area contributed by atoms with Crippen LogP contribution in [0.3, 0.4) is 0 Å². The normalized spacial score (nSPS) is 17.3. The molecule has 1 fully saturated rings. The number of carbonyl (C=O) groups excluding carboxylic acids is 2. The number of hydrogen-bond acceptors (Lipinski definition) is 2. The topological polar surface area (TPSA) is 49.4 Å². The summed E-state index contributed by atoms with van der Waals surface area (Å²) in [7, 11) is 0. The molecule has 1 unspecified atom stereocenters. The Hall–Kier alpha value is -2.36. The van der Waals surface area contributed by atoms with Gasteiger partial charge in [-0.1, -0.05) is 55.8 Å². The average Bonchev–Trinajstić information content (AvgIpc) is 2.68. The van der Waals surface area contributed by atoms with E-state index in [0.717, 1.165) is 55.1 Å². The van der Waals surface area contributed by atoms with Crippen LogP contribution in [-0.4, -0.2) is 36.3 Å². The van der Waals surface area contributed by atoms with Crippen molar-refractivity contribution in [1.82, 2.24) is 10.2 Å². The van der Waals surface area contributed by atoms with Crippen LogP contribution in [0, 0.1) is 5.92 Å². The maximum absolute atomic E-state index is 12.8. The van der Waals surface area contributed by atoms with Crippen molar-refractivity contribution >= 4 is 22.6 Å². The standard InChI is InChI=1S/C22H28N2O2/c1-2-3-13-23-22(26)19-11-7-14-24(16-19)21(25)15-18-10-6-9-17-8-4-5-12-20(17)18/h4-6,8-10,12,19H,2-3,7,11,13-16H2,1H3,(H,23,26). The molecule has 1 N–H and O–H groups in total. The molecule has 1 heterocycles. The van der Waals surface area contributed by atoms with Gasteiger partial charge in [0.05, 0.1) is 12.3 Å². The van der Waals surface area contributed by atoms with Gasteiger partial charge in [-0.2, -0.15) is 0 Å². The van der Waals surface area contributed by atoms with Crippen LogP contribution in [0.2, 0.25) is 0 Å². The van der Waals surface area contributed by atoms with E-state index in [9.17, 15) is 9.59 Å². The van der Waals surface area contributed by atoms with E-state index >= 15 is 0 Å². The predicted molar refractivity (Wildman–Crippen MR) is 105 cm³/mol. The fraction of sp³-hybridized carbons (Fsp3) is 0.455. The van der Waals surface area contributed by atoms with Gasteiger partial charge >= 0.3 is 0 Å². The number of nitrogens with one attached hydrogen (secondary N) is 1. The number of rotatable bonds is 6. The number of carbonyl (C=O) groups is 2. The molecule has 1 aliphatic rings. The number of benzene rings is 2. The maximum atomic E-state index is 12.8. The second kappa shape index (κ2) is 8.84. The molecule has 0 aromatic heterocycles. The van der Waals surface area contributed by atoms with E-state index in [0.29, 0.717) is 13.0 Å². The van der Waals surface area contributed by atoms with Crippen molar-refractivity contribution in [2.75, 3.05) is 19.6 Å². The van der Waals surface area contributed by atoms with Crippen molar-refractivity contribution in [3.05, 3.63) is 48.0 Å². The lowest BCUT2D eigenvalue weighted by Gasteiger charge is -2.32. The zero-order chi connectivity index (χ0) is 18.4. The molecule has 4 heteroatoms. The molecule has 2 aromatic carbocycles. The molecule has 0 aliphatic carbocycles. The molecule has 2 amide bonds. The number of piperidine rings is 1. The summed E-state index contributed by atoms with van der Waals surface area (Å²) in [6.45, 7) is 4.14. The molecule has 26 heavy (non-hydrogen) atoms. The highest BCUT2D eigenvalue weighted by Crippen LogP contribution is 2.22. The van der Waals surface area contributed by atoms with Gasteiger partial charge in [0.1, 0.15) is 0 Å². The van der Waals surface area contributed by atoms with Gasteiger partial charge in [-0.05, 0) is 35.6 Å². The zero-order valence-electron chi connectivity index (χ0n) is 15.5. The van der Waals surface area contributed by atoms with Crippen LogP contribution in [0.1, 0.15) is 38.2 Å². The Balaban J connectivity index is 1.63. The molecular weight excluding hydrogens is 324 g/mol. The van der Waals surface area contributed by atoms with E-state index in [2.05, 4.69) is 30.4 Å². The van der Waals surface area contributed by atoms with Gasteiger partial charge in [-0.15, -0.1) is 0 Å². The van der Waals surface area contributed by atoms with E-state index in [-0.39, 0.29) is 17.7 Å². The summed E-state index contributed by atoms with van der Waals surface area (Å²) in [5.74, 6) is 0.144. The van der Waals surface area contributed by atoms with Crippen LogP contribution in [-0.2, 0) is 16.0 Å². The van der Waals surface area contributed by atoms with Crippen LogP contribution in [0.25, 0.3) is 10.8 Å². The van der Waals surface area contributed by atoms with Crippen LogP contribution in [0.15, 0.2) is 42.5 Å². The molecule has 1 atom stereocenters. The summed E-state index contributed by atoms with van der Waals surface area (Å²) in [6.07, 6.45) is 4.23. The Bertz CT molecular complexity index is 766. The number of unbranched alkanes of at least 4 members (excludes halogenated alkanes) is 1. The first-order chi connectivity index (χ1) is 12.7. The number of likely N-dealkylation sites (tertiary alicyclic amines) is 1. The van der Waals surface area contributed by atoms with Crippen LogP contribution in [0.5, 0.6) is 0 Å². The molecule has 0 spiro atoms. The number of amides is 2. The van der Waals surface area contributed by atoms with Crippen molar-refractivity contribution < 1.29 is 9.59 Å². The fourth-order valence-electron chi connectivity index (χ4n) is 3.67. The Morgan fingerprint density at radius 2 is 1.96 bits per heavy atom. The van der Waals surface area contributed by atoms with E-state index in [1.54, 1.807) is 0 Å². The molecule has 138 valence electrons. The Morgan fingerprint density at radius 3 is 2.81 bits per heavy atom. The first-order valence-corrected chi connectivity index (χ1v) is 9.71. The summed E-state index contributed by atoms with van der Waals surface area (Å²) in [6, 6.07) is 14.3. The molecule has 0 bridgehead atoms. The summed E-state index contributed by atoms with van der Waals surface area (Å²) in [5, 5.41) is 5.30. The SMILES string of the molecule is CCCCNC(=O)C1CCCN(C(=O)Cc2cccc3ccccc23)C1. The van der Waals surface area contributed by atoms with Crippen molar-refractivity contribution in [2.45, 2.75) is 39.0 Å². The van der Waals surface area contributed by atoms with Gasteiger partial charge in [0, 0.05) is 19.6 Å². The third-order valence-electron chi connectivity index (χ3n) is 5.20. The summed E-state index contributed by atoms with van der Waals surface area (Å²) in [5.41, 5.74) is 1.06. The first kappa shape index (κ1) is 18.4. The quantitative estimate of drug-likeness (QED) is 0.809. The van der Waals surface area contributed by atoms with Crippen molar-refractivity contribution in [2.24, 2.45) is 5.92 Å². The monoisotopic (exact) mass is 352 g/mol. The minimum absolute atomic E-state index is 0.0722. The first-order valence-electron chi connectivity index (χ1n) is 9.71. The van der Waals surface area contributed by atoms with Crippen LogP contribution < -0.4 is 5.32 Å². The van der Waals surface area contributed by atoms with E-state index in [1.165, 1.54) is 0 Å². The highest BCUT2D eigenvalue weighted by molar-refractivity contribution is 5.90. The molecule has 2 aromatic rings. The predicted octanol–water partition coefficient (Wildman–Crippen LogP) is 3.54. The Labute approximate surface area is 155 Å². The largest absolute Gasteiger partial charge is 0.356 e. The highest BCUT2D eigenvalue weighted by atomic mass is 16.2. The number of nitrogens with zero attached hydrogens (tertiary/aromatic N) is 1. The van der Waals surface area contributed by atoms with Crippen molar-refractivity contribution in [3.63, 3.8) is 0 Å². The third-order valence-corrected chi connectivity index (χ3v) is 5.20. The van der Waals surface area contributed by atoms with Gasteiger partial charge in [0.25, 0.3) is 0 Å². The molecule has 3 rings (SSSR count). The summed E-state index contributed by atoms with van der Waals surface area (Å²) in [4.78, 5) is 27.0. The van der Waals surface area contributed by atoms with Crippen molar-refractivity contribution in [3.8, 4) is 0 Å². The van der Waals surface area contributed by atoms with Crippen molar-refractivity contribution in [1.29, 1.82) is 0 Å². The van der Waals surface area contributed by atoms with E-state index < -0.39 is 0 Å². The lowest BCUT2D eigenvalue weighted by Crippen LogP contribution is -2.46. The minimum Gasteiger partial charge on any atom is -0.356 e. The van der Waals surface area contributed by atoms with Crippen LogP contribution >= 0.6 is 0 Å². The smallest absolute Gasteiger partial charge is 0.227 e. The Kier molecular flexibility index (Phi) is 6.26. The molecule has 1 aliphatic heterocycles. The molecule has 0 radical (unpaired) electrons. The lowest BCUT2D eigenvalue weighted by molar-refractivity contribution is -0.135. The summed E-state index contributed by atoms with van der Waals surface area (Å²) < 4.78 is 0. The number of fused-ring (bicyclic) bond motifs is 1. The average molecular weight is 352 g/mol. The maximum Gasteiger partial charge on any atom is 0.227 e. The number of hydrogen-bond donors (Lipinski definition) is 1. The van der Waals surface area contributed by atoms with Gasteiger partial charge in [-0.3, -0.25) is 9.59 Å². The third kappa shape index (κ3) is 4.43. The van der Waals surface area contributed by atoms with Gasteiger partial charge in [0.15, 0.2) is 0 Å². The van der Waals surface area contributed by atoms with E-state index in [1.807, 2.05) is 29.2 Å². The molecular formula is C22H28N2O2. The van der Waals surface area contributed by atoms with Crippen LogP contribution in [0.4, 0.5) is 0 Å². The Morgan fingerprint density at radius 1 is 1.15 bits per heavy atom. The van der Waals surface area contributed by atoms with E-state index in [4.69, 9.17) is 0 Å². The van der Waals surface area contributed by atoms with Gasteiger partial charge in [-0.25, -0.2) is 0 Å². The fourth-order valence-corrected chi connectivity index (χ4v) is 3.67. The molecule has 1 saturated heterocycles. The highest BCUT2D eigenvalue weighted by Gasteiger charge is 2.28. The second-order valence-electron chi connectivity index (χ2n) is 7.14. The molecule has 4 nitrogen and oxygen atoms in total. The van der Waals surface area contributed by atoms with Gasteiger partial charge in [0.2, 0.25) is 11.8 Å². The molecule has 0 saturated carbocycles. The zero-order valence-corrected chi connectivity index (χ0v) is 15.5. The minimum atomic E-state index is -0.0722.